The van der Waals surface area contributed by atoms with E-state index in [0.717, 1.165) is 38.1 Å². The Labute approximate surface area is 245 Å². The highest BCUT2D eigenvalue weighted by molar-refractivity contribution is 8.00. The molecule has 1 N–H and O–H groups in total. The molecule has 2 aliphatic heterocycles. The van der Waals surface area contributed by atoms with E-state index < -0.39 is 17.8 Å². The molecular weight excluding hydrogens is 560 g/mol. The summed E-state index contributed by atoms with van der Waals surface area (Å²) in [6.45, 7) is 3.59. The normalized spacial score (nSPS) is 29.4. The summed E-state index contributed by atoms with van der Waals surface area (Å²) in [6.07, 6.45) is 0.471. The van der Waals surface area contributed by atoms with Gasteiger partial charge in [0.1, 0.15) is 18.9 Å². The van der Waals surface area contributed by atoms with Crippen LogP contribution in [0.5, 0.6) is 5.75 Å². The van der Waals surface area contributed by atoms with Crippen LogP contribution in [0.2, 0.25) is 0 Å². The van der Waals surface area contributed by atoms with Crippen molar-refractivity contribution >= 4 is 40.9 Å². The number of hydrogen-bond donors (Lipinski definition) is 1. The molecule has 10 heteroatoms. The summed E-state index contributed by atoms with van der Waals surface area (Å²) in [7, 11) is 0. The lowest BCUT2D eigenvalue weighted by atomic mass is 9.68. The summed E-state index contributed by atoms with van der Waals surface area (Å²) in [5.74, 6) is -1.26. The Hall–Kier alpha value is -3.37. The van der Waals surface area contributed by atoms with Crippen LogP contribution in [-0.4, -0.2) is 45.6 Å². The van der Waals surface area contributed by atoms with E-state index >= 15 is 0 Å². The first kappa shape index (κ1) is 26.5. The Balaban J connectivity index is 1.21. The number of ether oxygens (including phenoxy) is 2. The number of aromatic nitrogens is 1. The van der Waals surface area contributed by atoms with Crippen molar-refractivity contribution in [3.05, 3.63) is 80.3 Å². The Morgan fingerprint density at radius 2 is 1.78 bits per heavy atom. The van der Waals surface area contributed by atoms with E-state index in [0.29, 0.717) is 6.61 Å². The van der Waals surface area contributed by atoms with Gasteiger partial charge in [-0.3, -0.25) is 24.1 Å². The van der Waals surface area contributed by atoms with Crippen molar-refractivity contribution in [2.24, 2.45) is 29.6 Å². The van der Waals surface area contributed by atoms with Crippen molar-refractivity contribution in [3.8, 4) is 5.75 Å². The topological polar surface area (TPSA) is 106 Å². The number of hydrogen-bond acceptors (Lipinski definition) is 8. The molecule has 1 saturated heterocycles. The molecule has 212 valence electrons. The first-order chi connectivity index (χ1) is 19.8. The monoisotopic (exact) mass is 590 g/mol. The molecule has 7 unspecified atom stereocenters. The van der Waals surface area contributed by atoms with E-state index in [9.17, 15) is 19.2 Å². The summed E-state index contributed by atoms with van der Waals surface area (Å²) in [5.41, 5.74) is 2.11. The molecule has 2 aliphatic carbocycles. The van der Waals surface area contributed by atoms with E-state index in [1.54, 1.807) is 25.6 Å². The van der Waals surface area contributed by atoms with Crippen LogP contribution >= 0.6 is 23.1 Å². The number of aromatic amines is 1. The number of rotatable bonds is 7. The summed E-state index contributed by atoms with van der Waals surface area (Å²) in [5, 5.41) is 0.942. The van der Waals surface area contributed by atoms with Gasteiger partial charge in [0.05, 0.1) is 23.0 Å². The van der Waals surface area contributed by atoms with Crippen LogP contribution in [-0.2, 0) is 25.7 Å². The fourth-order valence-corrected chi connectivity index (χ4v) is 10.5. The SMILES string of the molecule is CC(C)OC(=O)CN1C(=O)C2C3CC(C2C1=O)C1C(c2cccc(OCc4ccccc4)c2)c2sc(=O)[nH]c2SC31. The molecule has 7 atom stereocenters. The molecule has 2 aromatic carbocycles. The van der Waals surface area contributed by atoms with Gasteiger partial charge in [0.25, 0.3) is 0 Å². The van der Waals surface area contributed by atoms with Crippen molar-refractivity contribution in [2.45, 2.75) is 49.2 Å². The Morgan fingerprint density at radius 1 is 1.02 bits per heavy atom. The average molecular weight is 591 g/mol. The molecule has 7 rings (SSSR count). The summed E-state index contributed by atoms with van der Waals surface area (Å²) < 4.78 is 11.4. The fourth-order valence-electron chi connectivity index (χ4n) is 7.58. The maximum absolute atomic E-state index is 13.7. The zero-order chi connectivity index (χ0) is 28.4. The first-order valence-corrected chi connectivity index (χ1v) is 15.7. The second kappa shape index (κ2) is 10.2. The molecule has 0 radical (unpaired) electrons. The summed E-state index contributed by atoms with van der Waals surface area (Å²) in [4.78, 5) is 57.2. The van der Waals surface area contributed by atoms with E-state index in [-0.39, 0.29) is 58.3 Å². The third-order valence-electron chi connectivity index (χ3n) is 8.94. The minimum absolute atomic E-state index is 0.000801. The highest BCUT2D eigenvalue weighted by Gasteiger charge is 2.69. The van der Waals surface area contributed by atoms with Gasteiger partial charge in [-0.1, -0.05) is 53.8 Å². The average Bonchev–Trinajstić information content (AvgIpc) is 3.68. The summed E-state index contributed by atoms with van der Waals surface area (Å²) in [6, 6.07) is 18.0. The molecule has 8 nitrogen and oxygen atoms in total. The third-order valence-corrected chi connectivity index (χ3v) is 11.5. The molecule has 2 saturated carbocycles. The number of carbonyl (C=O) groups excluding carboxylic acids is 3. The largest absolute Gasteiger partial charge is 0.489 e. The van der Waals surface area contributed by atoms with Crippen LogP contribution in [0.15, 0.2) is 64.4 Å². The lowest BCUT2D eigenvalue weighted by molar-refractivity contribution is -0.155. The Bertz CT molecular complexity index is 1580. The van der Waals surface area contributed by atoms with Gasteiger partial charge >= 0.3 is 10.8 Å². The number of H-pyrrole nitrogens is 1. The lowest BCUT2D eigenvalue weighted by Crippen LogP contribution is -2.42. The number of nitrogens with zero attached hydrogens (tertiary/aromatic N) is 1. The minimum atomic E-state index is -0.564. The fraction of sp³-hybridized carbons (Fsp3) is 0.419. The molecule has 3 aromatic rings. The van der Waals surface area contributed by atoms with Gasteiger partial charge < -0.3 is 14.5 Å². The Kier molecular flexibility index (Phi) is 6.58. The maximum atomic E-state index is 13.7. The number of imide groups is 1. The third kappa shape index (κ3) is 4.43. The smallest absolute Gasteiger partial charge is 0.326 e. The van der Waals surface area contributed by atoms with Crippen molar-refractivity contribution in [3.63, 3.8) is 0 Å². The number of amides is 2. The number of benzene rings is 2. The highest BCUT2D eigenvalue weighted by Crippen LogP contribution is 2.68. The molecular formula is C31H30N2O6S2. The van der Waals surface area contributed by atoms with Crippen molar-refractivity contribution in [1.82, 2.24) is 9.88 Å². The lowest BCUT2D eigenvalue weighted by Gasteiger charge is -2.43. The zero-order valence-electron chi connectivity index (χ0n) is 22.6. The molecule has 1 aromatic heterocycles. The number of carbonyl (C=O) groups is 3. The minimum Gasteiger partial charge on any atom is -0.489 e. The Morgan fingerprint density at radius 3 is 2.54 bits per heavy atom. The van der Waals surface area contributed by atoms with Crippen LogP contribution < -0.4 is 9.61 Å². The van der Waals surface area contributed by atoms with Gasteiger partial charge in [-0.2, -0.15) is 0 Å². The summed E-state index contributed by atoms with van der Waals surface area (Å²) >= 11 is 2.88. The molecule has 3 heterocycles. The molecule has 41 heavy (non-hydrogen) atoms. The van der Waals surface area contributed by atoms with Gasteiger partial charge in [-0.05, 0) is 61.3 Å². The van der Waals surface area contributed by atoms with Crippen molar-refractivity contribution in [1.29, 1.82) is 0 Å². The number of nitrogens with one attached hydrogen (secondary N) is 1. The molecule has 4 aliphatic rings. The predicted molar refractivity (Wildman–Crippen MR) is 154 cm³/mol. The highest BCUT2D eigenvalue weighted by atomic mass is 32.2. The first-order valence-electron chi connectivity index (χ1n) is 14.0. The maximum Gasteiger partial charge on any atom is 0.326 e. The van der Waals surface area contributed by atoms with Gasteiger partial charge in [-0.15, -0.1) is 11.8 Å². The van der Waals surface area contributed by atoms with E-state index in [4.69, 9.17) is 9.47 Å². The number of fused-ring (bicyclic) bond motifs is 9. The number of likely N-dealkylation sites (tertiary alicyclic amines) is 1. The van der Waals surface area contributed by atoms with Gasteiger partial charge in [0.15, 0.2) is 0 Å². The standard InChI is InChI=1S/C31H30N2O6S2/c1-15(2)39-21(34)13-33-29(35)24-19-12-20(25(24)30(33)36)26-23(19)22(27-28(40-26)32-31(37)41-27)17-9-6-10-18(11-17)38-14-16-7-4-3-5-8-16/h3-11,15,19-20,22-26H,12-14H2,1-2H3,(H,32,37). The predicted octanol–water partition coefficient (Wildman–Crippen LogP) is 4.44. The zero-order valence-corrected chi connectivity index (χ0v) is 24.3. The van der Waals surface area contributed by atoms with Crippen LogP contribution in [0.3, 0.4) is 0 Å². The number of thiazole rings is 1. The molecule has 2 amide bonds. The molecule has 0 spiro atoms. The van der Waals surface area contributed by atoms with E-state index in [1.165, 1.54) is 11.3 Å². The van der Waals surface area contributed by atoms with Gasteiger partial charge in [0, 0.05) is 16.0 Å². The van der Waals surface area contributed by atoms with Crippen molar-refractivity contribution in [2.75, 3.05) is 6.54 Å². The van der Waals surface area contributed by atoms with E-state index in [1.807, 2.05) is 48.5 Å². The van der Waals surface area contributed by atoms with E-state index in [2.05, 4.69) is 11.1 Å². The quantitative estimate of drug-likeness (QED) is 0.320. The second-order valence-corrected chi connectivity index (χ2v) is 13.8. The van der Waals surface area contributed by atoms with Crippen LogP contribution in [0.25, 0.3) is 0 Å². The molecule has 3 fully saturated rings. The van der Waals surface area contributed by atoms with Crippen LogP contribution in [0, 0.1) is 29.6 Å². The number of esters is 1. The van der Waals surface area contributed by atoms with Gasteiger partial charge in [0.2, 0.25) is 11.8 Å². The van der Waals surface area contributed by atoms with Crippen LogP contribution in [0.4, 0.5) is 0 Å². The van der Waals surface area contributed by atoms with Crippen molar-refractivity contribution < 1.29 is 23.9 Å². The second-order valence-electron chi connectivity index (χ2n) is 11.6. The van der Waals surface area contributed by atoms with Crippen LogP contribution in [0.1, 0.15) is 42.2 Å². The molecule has 2 bridgehead atoms. The number of thioether (sulfide) groups is 1. The van der Waals surface area contributed by atoms with Gasteiger partial charge in [-0.25, -0.2) is 0 Å².